The third kappa shape index (κ3) is 4.02. The number of carboxylic acids is 1. The number of nitrogens with one attached hydrogen (secondary N) is 2. The molecule has 0 bridgehead atoms. The summed E-state index contributed by atoms with van der Waals surface area (Å²) in [5, 5.41) is 14.3. The molecule has 0 aliphatic rings. The van der Waals surface area contributed by atoms with Gasteiger partial charge < -0.3 is 10.4 Å². The Morgan fingerprint density at radius 2 is 2.15 bits per heavy atom. The number of benzene rings is 1. The van der Waals surface area contributed by atoms with Gasteiger partial charge in [0, 0.05) is 17.2 Å². The fraction of sp³-hybridized carbons (Fsp3) is 0.167. The molecule has 0 fully saturated rings. The van der Waals surface area contributed by atoms with Gasteiger partial charge in [-0.15, -0.1) is 0 Å². The van der Waals surface area contributed by atoms with Gasteiger partial charge in [-0.3, -0.25) is 10.1 Å². The third-order valence-electron chi connectivity index (χ3n) is 2.29. The Kier molecular flexibility index (Phi) is 4.26. The van der Waals surface area contributed by atoms with Gasteiger partial charge in [-0.1, -0.05) is 12.1 Å². The molecule has 8 heteroatoms. The zero-order valence-electron chi connectivity index (χ0n) is 10.6. The fourth-order valence-corrected chi connectivity index (χ4v) is 2.11. The molecule has 0 saturated heterocycles. The van der Waals surface area contributed by atoms with E-state index in [-0.39, 0.29) is 6.42 Å². The molecule has 2 amide bonds. The van der Waals surface area contributed by atoms with Gasteiger partial charge in [0.25, 0.3) is 0 Å². The van der Waals surface area contributed by atoms with Crippen molar-refractivity contribution in [2.75, 3.05) is 10.6 Å². The van der Waals surface area contributed by atoms with Crippen LogP contribution in [0.3, 0.4) is 0 Å². The number of hydrogen-bond donors (Lipinski definition) is 3. The van der Waals surface area contributed by atoms with Crippen molar-refractivity contribution in [1.29, 1.82) is 0 Å². The van der Waals surface area contributed by atoms with Crippen LogP contribution in [0.1, 0.15) is 11.4 Å². The molecule has 0 unspecified atom stereocenters. The number of aryl methyl sites for hydroxylation is 1. The highest BCUT2D eigenvalue weighted by atomic mass is 32.1. The molecule has 2 aromatic rings. The lowest BCUT2D eigenvalue weighted by atomic mass is 10.1. The van der Waals surface area contributed by atoms with Crippen LogP contribution in [0.4, 0.5) is 15.6 Å². The van der Waals surface area contributed by atoms with E-state index in [4.69, 9.17) is 5.11 Å². The largest absolute Gasteiger partial charge is 0.481 e. The number of amides is 2. The number of aromatic nitrogens is 2. The summed E-state index contributed by atoms with van der Waals surface area (Å²) in [6.07, 6.45) is -0.0905. The molecule has 0 aliphatic carbocycles. The van der Waals surface area contributed by atoms with Gasteiger partial charge in [0.15, 0.2) is 0 Å². The van der Waals surface area contributed by atoms with Crippen molar-refractivity contribution in [3.05, 3.63) is 35.7 Å². The Hall–Kier alpha value is -2.48. The molecule has 104 valence electrons. The van der Waals surface area contributed by atoms with E-state index in [0.717, 1.165) is 11.5 Å². The van der Waals surface area contributed by atoms with Crippen LogP contribution in [0, 0.1) is 6.92 Å². The molecular weight excluding hydrogens is 280 g/mol. The van der Waals surface area contributed by atoms with Crippen molar-refractivity contribution in [3.8, 4) is 0 Å². The normalized spacial score (nSPS) is 10.1. The van der Waals surface area contributed by atoms with E-state index in [1.807, 2.05) is 0 Å². The first-order chi connectivity index (χ1) is 9.52. The van der Waals surface area contributed by atoms with Crippen molar-refractivity contribution in [3.63, 3.8) is 0 Å². The summed E-state index contributed by atoms with van der Waals surface area (Å²) >= 11 is 1.09. The molecule has 0 saturated carbocycles. The fourth-order valence-electron chi connectivity index (χ4n) is 1.54. The van der Waals surface area contributed by atoms with Crippen molar-refractivity contribution < 1.29 is 14.7 Å². The second kappa shape index (κ2) is 6.11. The van der Waals surface area contributed by atoms with Gasteiger partial charge in [0.1, 0.15) is 5.82 Å². The van der Waals surface area contributed by atoms with Gasteiger partial charge in [0.2, 0.25) is 5.13 Å². The summed E-state index contributed by atoms with van der Waals surface area (Å²) in [5.74, 6) is -0.329. The number of carbonyl (C=O) groups is 2. The lowest BCUT2D eigenvalue weighted by Crippen LogP contribution is -2.19. The number of hydrogen-bond acceptors (Lipinski definition) is 5. The lowest BCUT2D eigenvalue weighted by molar-refractivity contribution is -0.136. The molecule has 0 atom stereocenters. The Bertz CT molecular complexity index is 641. The SMILES string of the molecule is Cc1nsc(NC(=O)Nc2cccc(CC(=O)O)c2)n1. The van der Waals surface area contributed by atoms with Gasteiger partial charge >= 0.3 is 12.0 Å². The van der Waals surface area contributed by atoms with Gasteiger partial charge in [-0.05, 0) is 24.6 Å². The first-order valence-electron chi connectivity index (χ1n) is 5.72. The van der Waals surface area contributed by atoms with E-state index in [0.29, 0.717) is 22.2 Å². The summed E-state index contributed by atoms with van der Waals surface area (Å²) in [4.78, 5) is 26.4. The first kappa shape index (κ1) is 13.9. The van der Waals surface area contributed by atoms with Crippen LogP contribution in [0.15, 0.2) is 24.3 Å². The van der Waals surface area contributed by atoms with Crippen LogP contribution in [0.2, 0.25) is 0 Å². The standard InChI is InChI=1S/C12H12N4O3S/c1-7-13-12(20-16-7)15-11(19)14-9-4-2-3-8(5-9)6-10(17)18/h2-5H,6H2,1H3,(H,17,18)(H2,13,14,15,16,19). The molecule has 2 rings (SSSR count). The average Bonchev–Trinajstić information content (AvgIpc) is 2.74. The van der Waals surface area contributed by atoms with E-state index in [9.17, 15) is 9.59 Å². The average molecular weight is 292 g/mol. The zero-order chi connectivity index (χ0) is 14.5. The first-order valence-corrected chi connectivity index (χ1v) is 6.49. The Labute approximate surface area is 118 Å². The number of anilines is 2. The molecule has 0 aliphatic heterocycles. The molecular formula is C12H12N4O3S. The number of urea groups is 1. The van der Waals surface area contributed by atoms with Gasteiger partial charge in [0.05, 0.1) is 6.42 Å². The van der Waals surface area contributed by atoms with E-state index in [2.05, 4.69) is 20.0 Å². The summed E-state index contributed by atoms with van der Waals surface area (Å²) in [6, 6.07) is 6.21. The number of nitrogens with zero attached hydrogens (tertiary/aromatic N) is 2. The van der Waals surface area contributed by atoms with E-state index in [1.54, 1.807) is 31.2 Å². The summed E-state index contributed by atoms with van der Waals surface area (Å²) in [6.45, 7) is 1.73. The van der Waals surface area contributed by atoms with Crippen molar-refractivity contribution in [2.24, 2.45) is 0 Å². The molecule has 1 aromatic carbocycles. The quantitative estimate of drug-likeness (QED) is 0.800. The van der Waals surface area contributed by atoms with Crippen LogP contribution in [-0.2, 0) is 11.2 Å². The highest BCUT2D eigenvalue weighted by Gasteiger charge is 2.07. The highest BCUT2D eigenvalue weighted by Crippen LogP contribution is 2.13. The van der Waals surface area contributed by atoms with Crippen molar-refractivity contribution >= 4 is 34.4 Å². The molecule has 3 N–H and O–H groups in total. The van der Waals surface area contributed by atoms with Crippen molar-refractivity contribution in [1.82, 2.24) is 9.36 Å². The molecule has 0 spiro atoms. The highest BCUT2D eigenvalue weighted by molar-refractivity contribution is 7.09. The maximum absolute atomic E-state index is 11.7. The number of carbonyl (C=O) groups excluding carboxylic acids is 1. The predicted octanol–water partition coefficient (Wildman–Crippen LogP) is 2.12. The maximum atomic E-state index is 11.7. The van der Waals surface area contributed by atoms with Gasteiger partial charge in [-0.2, -0.15) is 4.37 Å². The number of rotatable bonds is 4. The Morgan fingerprint density at radius 1 is 1.35 bits per heavy atom. The van der Waals surface area contributed by atoms with E-state index in [1.165, 1.54) is 0 Å². The van der Waals surface area contributed by atoms with E-state index < -0.39 is 12.0 Å². The summed E-state index contributed by atoms with van der Waals surface area (Å²) in [7, 11) is 0. The summed E-state index contributed by atoms with van der Waals surface area (Å²) < 4.78 is 3.95. The van der Waals surface area contributed by atoms with Gasteiger partial charge in [-0.25, -0.2) is 9.78 Å². The minimum absolute atomic E-state index is 0.0905. The van der Waals surface area contributed by atoms with E-state index >= 15 is 0 Å². The molecule has 7 nitrogen and oxygen atoms in total. The lowest BCUT2D eigenvalue weighted by Gasteiger charge is -2.06. The van der Waals surface area contributed by atoms with Crippen molar-refractivity contribution in [2.45, 2.75) is 13.3 Å². The maximum Gasteiger partial charge on any atom is 0.325 e. The van der Waals surface area contributed by atoms with Crippen LogP contribution in [-0.4, -0.2) is 26.5 Å². The molecule has 0 radical (unpaired) electrons. The minimum atomic E-state index is -0.920. The second-order valence-corrected chi connectivity index (χ2v) is 4.75. The van der Waals surface area contributed by atoms with Crippen LogP contribution in [0.25, 0.3) is 0 Å². The summed E-state index contributed by atoms with van der Waals surface area (Å²) in [5.41, 5.74) is 1.13. The number of aliphatic carboxylic acids is 1. The monoisotopic (exact) mass is 292 g/mol. The zero-order valence-corrected chi connectivity index (χ0v) is 11.4. The molecule has 20 heavy (non-hydrogen) atoms. The number of carboxylic acid groups (broad SMARTS) is 1. The van der Waals surface area contributed by atoms with Crippen LogP contribution in [0.5, 0.6) is 0 Å². The minimum Gasteiger partial charge on any atom is -0.481 e. The molecule has 1 heterocycles. The second-order valence-electron chi connectivity index (χ2n) is 4.00. The third-order valence-corrected chi connectivity index (χ3v) is 3.01. The molecule has 1 aromatic heterocycles. The van der Waals surface area contributed by atoms with Crippen LogP contribution >= 0.6 is 11.5 Å². The van der Waals surface area contributed by atoms with Crippen LogP contribution < -0.4 is 10.6 Å². The Morgan fingerprint density at radius 3 is 2.80 bits per heavy atom. The topological polar surface area (TPSA) is 104 Å². The predicted molar refractivity (Wildman–Crippen MR) is 75.1 cm³/mol. The smallest absolute Gasteiger partial charge is 0.325 e. The Balaban J connectivity index is 1.98.